The maximum Gasteiger partial charge on any atom is 0.130 e. The Labute approximate surface area is 105 Å². The molecule has 2 rings (SSSR count). The Morgan fingerprint density at radius 2 is 2.12 bits per heavy atom. The maximum atomic E-state index is 13.8. The summed E-state index contributed by atoms with van der Waals surface area (Å²) < 4.78 is 13.8. The fraction of sp³-hybridized carbons (Fsp3) is 0.417. The second kappa shape index (κ2) is 5.46. The van der Waals surface area contributed by atoms with Gasteiger partial charge in [-0.25, -0.2) is 4.39 Å². The van der Waals surface area contributed by atoms with E-state index in [9.17, 15) is 9.65 Å². The van der Waals surface area contributed by atoms with E-state index >= 15 is 0 Å². The minimum absolute atomic E-state index is 0.350. The third-order valence-corrected chi connectivity index (χ3v) is 3.13. The zero-order chi connectivity index (χ0) is 12.3. The number of halogens is 2. The number of nitrogens with zero attached hydrogens (tertiary/aromatic N) is 2. The number of hydrogen-bond acceptors (Lipinski definition) is 3. The first-order chi connectivity index (χ1) is 8.22. The predicted molar refractivity (Wildman–Crippen MR) is 64.2 cm³/mol. The molecule has 0 saturated carbocycles. The van der Waals surface area contributed by atoms with E-state index in [2.05, 4.69) is 11.4 Å². The van der Waals surface area contributed by atoms with Gasteiger partial charge >= 0.3 is 0 Å². The lowest BCUT2D eigenvalue weighted by atomic mass is 10.1. The van der Waals surface area contributed by atoms with Crippen molar-refractivity contribution in [1.29, 1.82) is 5.26 Å². The Bertz CT molecular complexity index is 438. The van der Waals surface area contributed by atoms with Gasteiger partial charge in [-0.05, 0) is 12.1 Å². The van der Waals surface area contributed by atoms with Crippen LogP contribution in [0.5, 0.6) is 0 Å². The molecule has 0 aliphatic carbocycles. The molecule has 1 atom stereocenters. The number of rotatable bonds is 2. The summed E-state index contributed by atoms with van der Waals surface area (Å²) in [6.07, 6.45) is 0. The van der Waals surface area contributed by atoms with Gasteiger partial charge in [-0.2, -0.15) is 5.26 Å². The van der Waals surface area contributed by atoms with Crippen LogP contribution in [-0.2, 0) is 0 Å². The van der Waals surface area contributed by atoms with Crippen LogP contribution in [0.3, 0.4) is 0 Å². The summed E-state index contributed by atoms with van der Waals surface area (Å²) in [4.78, 5) is 1.98. The van der Waals surface area contributed by atoms with E-state index in [1.807, 2.05) is 4.90 Å². The van der Waals surface area contributed by atoms with Gasteiger partial charge < -0.3 is 5.32 Å². The van der Waals surface area contributed by atoms with Crippen molar-refractivity contribution in [2.75, 3.05) is 26.2 Å². The van der Waals surface area contributed by atoms with E-state index in [0.717, 1.165) is 26.2 Å². The minimum atomic E-state index is -0.533. The standard InChI is InChI=1S/C12H13ClFN3/c13-9-1-2-10(11(14)7-9)12(8-15)17-5-3-16-4-6-17/h1-2,7,12,16H,3-6H2. The molecule has 1 N–H and O–H groups in total. The highest BCUT2D eigenvalue weighted by molar-refractivity contribution is 6.30. The zero-order valence-corrected chi connectivity index (χ0v) is 10.0. The van der Waals surface area contributed by atoms with Crippen molar-refractivity contribution >= 4 is 11.6 Å². The lowest BCUT2D eigenvalue weighted by Crippen LogP contribution is -2.45. The molecule has 1 saturated heterocycles. The zero-order valence-electron chi connectivity index (χ0n) is 9.29. The van der Waals surface area contributed by atoms with Crippen LogP contribution in [0.15, 0.2) is 18.2 Å². The van der Waals surface area contributed by atoms with Crippen LogP contribution < -0.4 is 5.32 Å². The molecule has 0 radical (unpaired) electrons. The second-order valence-electron chi connectivity index (χ2n) is 3.98. The first-order valence-electron chi connectivity index (χ1n) is 5.51. The molecule has 1 heterocycles. The summed E-state index contributed by atoms with van der Waals surface area (Å²) in [5, 5.41) is 12.8. The Kier molecular flexibility index (Phi) is 3.95. The highest BCUT2D eigenvalue weighted by atomic mass is 35.5. The molecule has 0 spiro atoms. The van der Waals surface area contributed by atoms with Crippen LogP contribution in [0, 0.1) is 17.1 Å². The predicted octanol–water partition coefficient (Wildman–Crippen LogP) is 1.95. The molecule has 0 amide bonds. The normalized spacial score (nSPS) is 18.6. The first kappa shape index (κ1) is 12.3. The van der Waals surface area contributed by atoms with E-state index in [1.165, 1.54) is 6.07 Å². The van der Waals surface area contributed by atoms with Gasteiger partial charge in [0.2, 0.25) is 0 Å². The average molecular weight is 254 g/mol. The Hall–Kier alpha value is -1.15. The summed E-state index contributed by atoms with van der Waals surface area (Å²) in [7, 11) is 0. The average Bonchev–Trinajstić information content (AvgIpc) is 2.34. The van der Waals surface area contributed by atoms with Crippen LogP contribution >= 0.6 is 11.6 Å². The Balaban J connectivity index is 2.25. The van der Waals surface area contributed by atoms with E-state index in [1.54, 1.807) is 12.1 Å². The molecular formula is C12H13ClFN3. The first-order valence-corrected chi connectivity index (χ1v) is 5.89. The summed E-state index contributed by atoms with van der Waals surface area (Å²) in [5.74, 6) is -0.414. The Morgan fingerprint density at radius 1 is 1.41 bits per heavy atom. The van der Waals surface area contributed by atoms with Crippen molar-refractivity contribution in [3.05, 3.63) is 34.6 Å². The monoisotopic (exact) mass is 253 g/mol. The summed E-state index contributed by atoms with van der Waals surface area (Å²) >= 11 is 5.70. The topological polar surface area (TPSA) is 39.1 Å². The molecule has 90 valence electrons. The molecule has 1 fully saturated rings. The van der Waals surface area contributed by atoms with E-state index < -0.39 is 11.9 Å². The van der Waals surface area contributed by atoms with Crippen molar-refractivity contribution in [2.45, 2.75) is 6.04 Å². The summed E-state index contributed by atoms with van der Waals surface area (Å²) in [5.41, 5.74) is 0.402. The number of nitriles is 1. The van der Waals surface area contributed by atoms with Gasteiger partial charge in [0.1, 0.15) is 11.9 Å². The summed E-state index contributed by atoms with van der Waals surface area (Å²) in [6.45, 7) is 3.15. The molecule has 1 aromatic rings. The molecule has 0 aromatic heterocycles. The third-order valence-electron chi connectivity index (χ3n) is 2.90. The molecule has 5 heteroatoms. The van der Waals surface area contributed by atoms with E-state index in [4.69, 9.17) is 11.6 Å². The molecule has 3 nitrogen and oxygen atoms in total. The van der Waals surface area contributed by atoms with Crippen LogP contribution in [0.25, 0.3) is 0 Å². The lowest BCUT2D eigenvalue weighted by Gasteiger charge is -2.31. The highest BCUT2D eigenvalue weighted by Gasteiger charge is 2.24. The van der Waals surface area contributed by atoms with Crippen LogP contribution in [0.4, 0.5) is 4.39 Å². The summed E-state index contributed by atoms with van der Waals surface area (Å²) in [6, 6.07) is 6.09. The van der Waals surface area contributed by atoms with Gasteiger partial charge in [-0.15, -0.1) is 0 Å². The number of benzene rings is 1. The van der Waals surface area contributed by atoms with Gasteiger partial charge in [0, 0.05) is 36.8 Å². The smallest absolute Gasteiger partial charge is 0.130 e. The van der Waals surface area contributed by atoms with Crippen molar-refractivity contribution in [2.24, 2.45) is 0 Å². The molecule has 17 heavy (non-hydrogen) atoms. The Morgan fingerprint density at radius 3 is 2.71 bits per heavy atom. The fourth-order valence-corrected chi connectivity index (χ4v) is 2.17. The number of hydrogen-bond donors (Lipinski definition) is 1. The van der Waals surface area contributed by atoms with Crippen molar-refractivity contribution < 1.29 is 4.39 Å². The minimum Gasteiger partial charge on any atom is -0.314 e. The van der Waals surface area contributed by atoms with Crippen LogP contribution in [0.2, 0.25) is 5.02 Å². The maximum absolute atomic E-state index is 13.8. The molecule has 1 aromatic carbocycles. The van der Waals surface area contributed by atoms with E-state index in [-0.39, 0.29) is 0 Å². The van der Waals surface area contributed by atoms with Crippen molar-refractivity contribution in [3.63, 3.8) is 0 Å². The molecular weight excluding hydrogens is 241 g/mol. The van der Waals surface area contributed by atoms with Gasteiger partial charge in [-0.3, -0.25) is 4.90 Å². The van der Waals surface area contributed by atoms with E-state index in [0.29, 0.717) is 10.6 Å². The van der Waals surface area contributed by atoms with Gasteiger partial charge in [0.05, 0.1) is 6.07 Å². The molecule has 1 unspecified atom stereocenters. The number of piperazine rings is 1. The second-order valence-corrected chi connectivity index (χ2v) is 4.42. The largest absolute Gasteiger partial charge is 0.314 e. The third kappa shape index (κ3) is 2.75. The SMILES string of the molecule is N#CC(c1ccc(Cl)cc1F)N1CCNCC1. The van der Waals surface area contributed by atoms with Crippen LogP contribution in [0.1, 0.15) is 11.6 Å². The quantitative estimate of drug-likeness (QED) is 0.876. The van der Waals surface area contributed by atoms with Crippen molar-refractivity contribution in [3.8, 4) is 6.07 Å². The van der Waals surface area contributed by atoms with Gasteiger partial charge in [0.15, 0.2) is 0 Å². The molecule has 0 bridgehead atoms. The lowest BCUT2D eigenvalue weighted by molar-refractivity contribution is 0.204. The van der Waals surface area contributed by atoms with Crippen LogP contribution in [-0.4, -0.2) is 31.1 Å². The fourth-order valence-electron chi connectivity index (χ4n) is 2.01. The molecule has 1 aliphatic rings. The van der Waals surface area contributed by atoms with Gasteiger partial charge in [0.25, 0.3) is 0 Å². The van der Waals surface area contributed by atoms with Gasteiger partial charge in [-0.1, -0.05) is 17.7 Å². The van der Waals surface area contributed by atoms with Crippen molar-refractivity contribution in [1.82, 2.24) is 10.2 Å². The highest BCUT2D eigenvalue weighted by Crippen LogP contribution is 2.25. The number of nitrogens with one attached hydrogen (secondary N) is 1. The molecule has 1 aliphatic heterocycles.